The molecular formula is C13H13ClFNO. The topological polar surface area (TPSA) is 39.2 Å². The van der Waals surface area contributed by atoms with Crippen LogP contribution in [0, 0.1) is 19.7 Å². The van der Waals surface area contributed by atoms with Crippen molar-refractivity contribution in [3.05, 3.63) is 57.8 Å². The molecular weight excluding hydrogens is 241 g/mol. The average Bonchev–Trinajstić information content (AvgIpc) is 2.61. The molecule has 0 fully saturated rings. The highest BCUT2D eigenvalue weighted by molar-refractivity contribution is 6.31. The van der Waals surface area contributed by atoms with E-state index in [0.717, 1.165) is 17.1 Å². The van der Waals surface area contributed by atoms with Crippen molar-refractivity contribution in [2.24, 2.45) is 5.73 Å². The number of hydrogen-bond donors (Lipinski definition) is 1. The maximum Gasteiger partial charge on any atom is 0.142 e. The molecule has 4 heteroatoms. The fourth-order valence-electron chi connectivity index (χ4n) is 1.89. The van der Waals surface area contributed by atoms with Crippen molar-refractivity contribution >= 4 is 11.6 Å². The summed E-state index contributed by atoms with van der Waals surface area (Å²) < 4.78 is 18.8. The van der Waals surface area contributed by atoms with Gasteiger partial charge in [0, 0.05) is 5.56 Å². The van der Waals surface area contributed by atoms with Gasteiger partial charge in [-0.3, -0.25) is 0 Å². The molecule has 1 heterocycles. The number of rotatable bonds is 2. The van der Waals surface area contributed by atoms with E-state index >= 15 is 0 Å². The predicted octanol–water partition coefficient (Wildman–Crippen LogP) is 3.74. The Morgan fingerprint density at radius 2 is 2.00 bits per heavy atom. The summed E-state index contributed by atoms with van der Waals surface area (Å²) in [5.41, 5.74) is 7.48. The number of hydrogen-bond acceptors (Lipinski definition) is 2. The van der Waals surface area contributed by atoms with Crippen LogP contribution in [0.25, 0.3) is 0 Å². The van der Waals surface area contributed by atoms with Gasteiger partial charge in [0.2, 0.25) is 0 Å². The van der Waals surface area contributed by atoms with Gasteiger partial charge in [0.1, 0.15) is 17.3 Å². The molecule has 0 radical (unpaired) electrons. The van der Waals surface area contributed by atoms with E-state index in [0.29, 0.717) is 5.56 Å². The molecule has 0 spiro atoms. The summed E-state index contributed by atoms with van der Waals surface area (Å²) in [6.07, 6.45) is 0. The molecule has 1 atom stereocenters. The number of benzene rings is 1. The van der Waals surface area contributed by atoms with Crippen LogP contribution in [0.3, 0.4) is 0 Å². The Bertz CT molecular complexity index is 550. The van der Waals surface area contributed by atoms with E-state index in [1.165, 1.54) is 6.07 Å². The molecule has 0 saturated carbocycles. The highest BCUT2D eigenvalue weighted by Crippen LogP contribution is 2.31. The van der Waals surface area contributed by atoms with E-state index < -0.39 is 11.9 Å². The van der Waals surface area contributed by atoms with E-state index in [1.807, 2.05) is 19.9 Å². The third-order valence-electron chi connectivity index (χ3n) is 2.73. The smallest absolute Gasteiger partial charge is 0.142 e. The lowest BCUT2D eigenvalue weighted by atomic mass is 10.00. The van der Waals surface area contributed by atoms with Gasteiger partial charge >= 0.3 is 0 Å². The molecule has 1 aromatic heterocycles. The number of aryl methyl sites for hydroxylation is 2. The van der Waals surface area contributed by atoms with E-state index in [1.54, 1.807) is 12.1 Å². The minimum atomic E-state index is -0.476. The van der Waals surface area contributed by atoms with Crippen molar-refractivity contribution in [1.82, 2.24) is 0 Å². The second-order valence-corrected chi connectivity index (χ2v) is 4.37. The molecule has 0 bridgehead atoms. The van der Waals surface area contributed by atoms with Crippen molar-refractivity contribution in [2.45, 2.75) is 19.9 Å². The number of halogens is 2. The van der Waals surface area contributed by atoms with Crippen molar-refractivity contribution in [1.29, 1.82) is 0 Å². The van der Waals surface area contributed by atoms with Crippen LogP contribution in [-0.4, -0.2) is 0 Å². The van der Waals surface area contributed by atoms with Gasteiger partial charge in [-0.1, -0.05) is 23.7 Å². The lowest BCUT2D eigenvalue weighted by molar-refractivity contribution is 0.499. The third kappa shape index (κ3) is 2.21. The summed E-state index contributed by atoms with van der Waals surface area (Å²) in [5.74, 6) is 1.05. The molecule has 1 aromatic carbocycles. The molecule has 0 aliphatic heterocycles. The summed E-state index contributed by atoms with van der Waals surface area (Å²) >= 11 is 5.91. The van der Waals surface area contributed by atoms with Crippen molar-refractivity contribution < 1.29 is 8.81 Å². The molecule has 0 saturated heterocycles. The molecule has 2 rings (SSSR count). The molecule has 2 nitrogen and oxygen atoms in total. The van der Waals surface area contributed by atoms with Crippen LogP contribution in [0.4, 0.5) is 4.39 Å². The monoisotopic (exact) mass is 253 g/mol. The molecule has 0 aliphatic carbocycles. The molecule has 2 aromatic rings. The Labute approximate surface area is 104 Å². The van der Waals surface area contributed by atoms with Crippen molar-refractivity contribution in [3.8, 4) is 0 Å². The normalized spacial score (nSPS) is 12.8. The molecule has 90 valence electrons. The first-order chi connectivity index (χ1) is 8.00. The molecule has 0 amide bonds. The lowest BCUT2D eigenvalue weighted by Crippen LogP contribution is -2.13. The van der Waals surface area contributed by atoms with E-state index in [4.69, 9.17) is 21.8 Å². The fraction of sp³-hybridized carbons (Fsp3) is 0.231. The first-order valence-corrected chi connectivity index (χ1v) is 5.65. The summed E-state index contributed by atoms with van der Waals surface area (Å²) in [6.45, 7) is 3.67. The molecule has 1 unspecified atom stereocenters. The zero-order valence-corrected chi connectivity index (χ0v) is 10.4. The minimum Gasteiger partial charge on any atom is -0.466 e. The zero-order valence-electron chi connectivity index (χ0n) is 9.63. The SMILES string of the molecule is Cc1cc(C(N)c2cccc(F)c2Cl)c(C)o1. The zero-order chi connectivity index (χ0) is 12.6. The second-order valence-electron chi connectivity index (χ2n) is 3.99. The van der Waals surface area contributed by atoms with Crippen LogP contribution in [0.2, 0.25) is 5.02 Å². The van der Waals surface area contributed by atoms with Gasteiger partial charge in [0.25, 0.3) is 0 Å². The highest BCUT2D eigenvalue weighted by Gasteiger charge is 2.18. The summed E-state index contributed by atoms with van der Waals surface area (Å²) in [4.78, 5) is 0. The first kappa shape index (κ1) is 12.1. The Balaban J connectivity index is 2.47. The van der Waals surface area contributed by atoms with Gasteiger partial charge in [0.05, 0.1) is 11.1 Å². The van der Waals surface area contributed by atoms with Crippen LogP contribution >= 0.6 is 11.6 Å². The van der Waals surface area contributed by atoms with Gasteiger partial charge in [0.15, 0.2) is 0 Å². The Morgan fingerprint density at radius 1 is 1.29 bits per heavy atom. The van der Waals surface area contributed by atoms with Gasteiger partial charge in [-0.2, -0.15) is 0 Å². The number of nitrogens with two attached hydrogens (primary N) is 1. The van der Waals surface area contributed by atoms with Crippen molar-refractivity contribution in [3.63, 3.8) is 0 Å². The Kier molecular flexibility index (Phi) is 3.22. The maximum absolute atomic E-state index is 13.4. The summed E-state index contributed by atoms with van der Waals surface area (Å²) in [5, 5.41) is 0.0678. The molecule has 0 aliphatic rings. The van der Waals surface area contributed by atoms with Crippen molar-refractivity contribution in [2.75, 3.05) is 0 Å². The first-order valence-electron chi connectivity index (χ1n) is 5.27. The lowest BCUT2D eigenvalue weighted by Gasteiger charge is -2.13. The Morgan fingerprint density at radius 3 is 2.59 bits per heavy atom. The average molecular weight is 254 g/mol. The van der Waals surface area contributed by atoms with Gasteiger partial charge in [-0.15, -0.1) is 0 Å². The van der Waals surface area contributed by atoms with E-state index in [2.05, 4.69) is 0 Å². The summed E-state index contributed by atoms with van der Waals surface area (Å²) in [6, 6.07) is 6.00. The van der Waals surface area contributed by atoms with E-state index in [-0.39, 0.29) is 5.02 Å². The van der Waals surface area contributed by atoms with Crippen LogP contribution in [0.15, 0.2) is 28.7 Å². The summed E-state index contributed by atoms with van der Waals surface area (Å²) in [7, 11) is 0. The number of furan rings is 1. The van der Waals surface area contributed by atoms with Gasteiger partial charge in [-0.05, 0) is 31.5 Å². The predicted molar refractivity (Wildman–Crippen MR) is 65.6 cm³/mol. The van der Waals surface area contributed by atoms with Crippen LogP contribution in [-0.2, 0) is 0 Å². The van der Waals surface area contributed by atoms with Crippen LogP contribution in [0.1, 0.15) is 28.7 Å². The third-order valence-corrected chi connectivity index (χ3v) is 3.13. The highest BCUT2D eigenvalue weighted by atomic mass is 35.5. The van der Waals surface area contributed by atoms with Crippen LogP contribution < -0.4 is 5.73 Å². The van der Waals surface area contributed by atoms with Gasteiger partial charge in [-0.25, -0.2) is 4.39 Å². The van der Waals surface area contributed by atoms with E-state index in [9.17, 15) is 4.39 Å². The fourth-order valence-corrected chi connectivity index (χ4v) is 2.13. The minimum absolute atomic E-state index is 0.0678. The quantitative estimate of drug-likeness (QED) is 0.886. The maximum atomic E-state index is 13.4. The molecule has 17 heavy (non-hydrogen) atoms. The van der Waals surface area contributed by atoms with Gasteiger partial charge < -0.3 is 10.2 Å². The standard InChI is InChI=1S/C13H13ClFNO/c1-7-6-10(8(2)17-7)13(16)9-4-3-5-11(15)12(9)14/h3-6,13H,16H2,1-2H3. The Hall–Kier alpha value is -1.32. The molecule has 2 N–H and O–H groups in total. The van der Waals surface area contributed by atoms with Crippen LogP contribution in [0.5, 0.6) is 0 Å². The largest absolute Gasteiger partial charge is 0.466 e. The second kappa shape index (κ2) is 4.51.